The van der Waals surface area contributed by atoms with E-state index in [4.69, 9.17) is 10.5 Å². The molecule has 35 heavy (non-hydrogen) atoms. The van der Waals surface area contributed by atoms with Crippen molar-refractivity contribution in [2.75, 3.05) is 31.6 Å². The third kappa shape index (κ3) is 7.27. The molecular weight excluding hydrogens is 448 g/mol. The van der Waals surface area contributed by atoms with Crippen molar-refractivity contribution in [1.29, 1.82) is 0 Å². The number of hydrogen-bond acceptors (Lipinski definition) is 6. The summed E-state index contributed by atoms with van der Waals surface area (Å²) >= 11 is 0. The highest BCUT2D eigenvalue weighted by atomic mass is 16.5. The number of benzene rings is 2. The zero-order chi connectivity index (χ0) is 25.3. The average Bonchev–Trinajstić information content (AvgIpc) is 2.88. The minimum absolute atomic E-state index is 0.0378. The molecule has 1 aliphatic rings. The molecule has 1 aliphatic heterocycles. The lowest BCUT2D eigenvalue weighted by Gasteiger charge is -2.41. The lowest BCUT2D eigenvalue weighted by Crippen LogP contribution is -2.59. The van der Waals surface area contributed by atoms with Gasteiger partial charge in [-0.2, -0.15) is 0 Å². The Kier molecular flexibility index (Phi) is 9.22. The van der Waals surface area contributed by atoms with Crippen molar-refractivity contribution in [2.45, 2.75) is 44.8 Å². The van der Waals surface area contributed by atoms with Crippen molar-refractivity contribution in [3.63, 3.8) is 0 Å². The van der Waals surface area contributed by atoms with Crippen molar-refractivity contribution in [3.8, 4) is 0 Å². The second-order valence-electron chi connectivity index (χ2n) is 8.77. The molecule has 0 aliphatic carbocycles. The number of nitrogens with two attached hydrogens (primary N) is 1. The van der Waals surface area contributed by atoms with E-state index in [2.05, 4.69) is 17.6 Å². The monoisotopic (exact) mass is 482 g/mol. The highest BCUT2D eigenvalue weighted by molar-refractivity contribution is 5.85. The van der Waals surface area contributed by atoms with E-state index in [9.17, 15) is 19.5 Å². The van der Waals surface area contributed by atoms with Gasteiger partial charge < -0.3 is 25.8 Å². The van der Waals surface area contributed by atoms with Crippen LogP contribution in [0, 0.1) is 0 Å². The maximum Gasteiger partial charge on any atom is 0.411 e. The molecule has 3 rings (SSSR count). The quantitative estimate of drug-likeness (QED) is 0.432. The standard InChI is InChI=1S/C26H34N4O5/c1-2-19-7-9-22(10-8-19)28-25(34)35-18-26(11-13-30(14-12-26)24(33)16-27)29-23(32)15-20-5-3-4-6-21(20)17-31/h3-10,31H,2,11-18,27H2,1H3,(H,28,34)(H,29,32). The number of piperidine rings is 1. The second kappa shape index (κ2) is 12.3. The Balaban J connectivity index is 1.66. The Hall–Kier alpha value is -3.43. The van der Waals surface area contributed by atoms with E-state index in [1.807, 2.05) is 30.3 Å². The van der Waals surface area contributed by atoms with Crippen molar-refractivity contribution in [3.05, 3.63) is 65.2 Å². The van der Waals surface area contributed by atoms with Crippen molar-refractivity contribution in [1.82, 2.24) is 10.2 Å². The third-order valence-corrected chi connectivity index (χ3v) is 6.38. The van der Waals surface area contributed by atoms with Crippen molar-refractivity contribution in [2.24, 2.45) is 5.73 Å². The van der Waals surface area contributed by atoms with Crippen LogP contribution in [0.3, 0.4) is 0 Å². The summed E-state index contributed by atoms with van der Waals surface area (Å²) in [6.07, 6.45) is 1.21. The summed E-state index contributed by atoms with van der Waals surface area (Å²) in [5.41, 5.74) is 7.87. The number of rotatable bonds is 9. The van der Waals surface area contributed by atoms with Crippen LogP contribution in [0.4, 0.5) is 10.5 Å². The first-order valence-corrected chi connectivity index (χ1v) is 11.9. The summed E-state index contributed by atoms with van der Waals surface area (Å²) in [6.45, 7) is 2.57. The summed E-state index contributed by atoms with van der Waals surface area (Å²) in [4.78, 5) is 39.1. The molecule has 3 amide bonds. The number of hydrogen-bond donors (Lipinski definition) is 4. The average molecular weight is 483 g/mol. The van der Waals surface area contributed by atoms with E-state index in [-0.39, 0.29) is 38.0 Å². The van der Waals surface area contributed by atoms with Crippen LogP contribution in [-0.2, 0) is 33.8 Å². The summed E-state index contributed by atoms with van der Waals surface area (Å²) in [5.74, 6) is -0.403. The Morgan fingerprint density at radius 1 is 1.06 bits per heavy atom. The Bertz CT molecular complexity index is 1020. The summed E-state index contributed by atoms with van der Waals surface area (Å²) in [5, 5.41) is 15.3. The number of carbonyl (C=O) groups is 3. The molecule has 0 unspecified atom stereocenters. The van der Waals surface area contributed by atoms with Gasteiger partial charge in [-0.1, -0.05) is 43.3 Å². The van der Waals surface area contributed by atoms with Gasteiger partial charge >= 0.3 is 6.09 Å². The van der Waals surface area contributed by atoms with Crippen LogP contribution in [-0.4, -0.2) is 59.7 Å². The van der Waals surface area contributed by atoms with Crippen LogP contribution in [0.2, 0.25) is 0 Å². The molecule has 188 valence electrons. The largest absolute Gasteiger partial charge is 0.447 e. The summed E-state index contributed by atoms with van der Waals surface area (Å²) in [7, 11) is 0. The first-order valence-electron chi connectivity index (χ1n) is 11.9. The molecular formula is C26H34N4O5. The number of likely N-dealkylation sites (tertiary alicyclic amines) is 1. The maximum atomic E-state index is 13.0. The Labute approximate surface area is 205 Å². The van der Waals surface area contributed by atoms with E-state index < -0.39 is 11.6 Å². The van der Waals surface area contributed by atoms with E-state index >= 15 is 0 Å². The van der Waals surface area contributed by atoms with Crippen LogP contribution in [0.5, 0.6) is 0 Å². The predicted molar refractivity (Wildman–Crippen MR) is 133 cm³/mol. The smallest absolute Gasteiger partial charge is 0.411 e. The summed E-state index contributed by atoms with van der Waals surface area (Å²) in [6, 6.07) is 14.7. The van der Waals surface area contributed by atoms with E-state index in [0.29, 0.717) is 37.2 Å². The predicted octanol–water partition coefficient (Wildman–Crippen LogP) is 1.97. The van der Waals surface area contributed by atoms with Gasteiger partial charge in [0.1, 0.15) is 6.61 Å². The number of aryl methyl sites for hydroxylation is 1. The van der Waals surface area contributed by atoms with Gasteiger partial charge in [0, 0.05) is 18.8 Å². The summed E-state index contributed by atoms with van der Waals surface area (Å²) < 4.78 is 5.53. The number of nitrogens with one attached hydrogen (secondary N) is 2. The van der Waals surface area contributed by atoms with Gasteiger partial charge in [-0.15, -0.1) is 0 Å². The lowest BCUT2D eigenvalue weighted by molar-refractivity contribution is -0.132. The molecule has 0 bridgehead atoms. The van der Waals surface area contributed by atoms with Crippen molar-refractivity contribution >= 4 is 23.6 Å². The molecule has 0 aromatic heterocycles. The number of nitrogens with zero attached hydrogens (tertiary/aromatic N) is 1. The molecule has 1 saturated heterocycles. The van der Waals surface area contributed by atoms with Gasteiger partial charge in [-0.05, 0) is 48.1 Å². The number of aliphatic hydroxyl groups excluding tert-OH is 1. The molecule has 1 fully saturated rings. The number of amides is 3. The minimum atomic E-state index is -0.819. The van der Waals surface area contributed by atoms with Crippen LogP contribution in [0.1, 0.15) is 36.5 Å². The SMILES string of the molecule is CCc1ccc(NC(=O)OCC2(NC(=O)Cc3ccccc3CO)CCN(C(=O)CN)CC2)cc1. The first-order chi connectivity index (χ1) is 16.9. The third-order valence-electron chi connectivity index (χ3n) is 6.38. The molecule has 2 aromatic rings. The number of carbonyl (C=O) groups excluding carboxylic acids is 3. The molecule has 5 N–H and O–H groups in total. The van der Waals surface area contributed by atoms with Gasteiger partial charge in [-0.3, -0.25) is 14.9 Å². The molecule has 2 aromatic carbocycles. The molecule has 0 atom stereocenters. The number of anilines is 1. The van der Waals surface area contributed by atoms with Gasteiger partial charge in [0.2, 0.25) is 11.8 Å². The van der Waals surface area contributed by atoms with Crippen LogP contribution >= 0.6 is 0 Å². The normalized spacial score (nSPS) is 14.8. The molecule has 0 saturated carbocycles. The van der Waals surface area contributed by atoms with Crippen LogP contribution in [0.25, 0.3) is 0 Å². The second-order valence-corrected chi connectivity index (χ2v) is 8.77. The highest BCUT2D eigenvalue weighted by Gasteiger charge is 2.38. The fourth-order valence-corrected chi connectivity index (χ4v) is 4.20. The zero-order valence-electron chi connectivity index (χ0n) is 20.1. The fraction of sp³-hybridized carbons (Fsp3) is 0.423. The molecule has 0 spiro atoms. The lowest BCUT2D eigenvalue weighted by atomic mass is 9.87. The zero-order valence-corrected chi connectivity index (χ0v) is 20.1. The minimum Gasteiger partial charge on any atom is -0.447 e. The van der Waals surface area contributed by atoms with Crippen molar-refractivity contribution < 1.29 is 24.2 Å². The topological polar surface area (TPSA) is 134 Å². The van der Waals surface area contributed by atoms with Crippen LogP contribution in [0.15, 0.2) is 48.5 Å². The van der Waals surface area contributed by atoms with E-state index in [0.717, 1.165) is 17.5 Å². The fourth-order valence-electron chi connectivity index (χ4n) is 4.20. The molecule has 9 nitrogen and oxygen atoms in total. The Morgan fingerprint density at radius 2 is 1.71 bits per heavy atom. The maximum absolute atomic E-state index is 13.0. The number of ether oxygens (including phenoxy) is 1. The van der Waals surface area contributed by atoms with E-state index in [1.165, 1.54) is 0 Å². The van der Waals surface area contributed by atoms with Gasteiger partial charge in [0.25, 0.3) is 0 Å². The Morgan fingerprint density at radius 3 is 2.31 bits per heavy atom. The van der Waals surface area contributed by atoms with E-state index in [1.54, 1.807) is 23.1 Å². The van der Waals surface area contributed by atoms with Gasteiger partial charge in [-0.25, -0.2) is 4.79 Å². The molecule has 0 radical (unpaired) electrons. The first kappa shape index (κ1) is 26.2. The van der Waals surface area contributed by atoms with Gasteiger partial charge in [0.05, 0.1) is 25.1 Å². The van der Waals surface area contributed by atoms with Crippen LogP contribution < -0.4 is 16.4 Å². The number of aliphatic hydroxyl groups is 1. The highest BCUT2D eigenvalue weighted by Crippen LogP contribution is 2.24. The molecule has 9 heteroatoms. The van der Waals surface area contributed by atoms with Gasteiger partial charge in [0.15, 0.2) is 0 Å². The molecule has 1 heterocycles.